The number of fused-ring (bicyclic) bond motifs is 1. The summed E-state index contributed by atoms with van der Waals surface area (Å²) in [5.74, 6) is 0.152. The van der Waals surface area contributed by atoms with Crippen LogP contribution in [0.15, 0.2) is 48.5 Å². The molecule has 1 aromatic heterocycles. The van der Waals surface area contributed by atoms with Crippen LogP contribution in [0.5, 0.6) is 5.75 Å². The largest absolute Gasteiger partial charge is 0.497 e. The number of hydrogen-bond donors (Lipinski definition) is 0. The minimum atomic E-state index is -1.12. The second kappa shape index (κ2) is 8.40. The molecule has 9 nitrogen and oxygen atoms in total. The molecule has 4 rings (SSSR count). The molecular weight excluding hydrogens is 388 g/mol. The SMILES string of the molecule is CCOC(=O)C(N1C(=O)OC[C@@H]1Cc1ccc(OC)cc1)n1nnc2ccccc21. The van der Waals surface area contributed by atoms with Gasteiger partial charge in [0.1, 0.15) is 17.9 Å². The molecule has 0 spiro atoms. The number of hydrogen-bond acceptors (Lipinski definition) is 7. The summed E-state index contributed by atoms with van der Waals surface area (Å²) in [4.78, 5) is 27.0. The number of aromatic nitrogens is 3. The number of para-hydroxylation sites is 1. The van der Waals surface area contributed by atoms with Crippen LogP contribution in [0.4, 0.5) is 4.79 Å². The maximum Gasteiger partial charge on any atom is 0.412 e. The molecule has 1 fully saturated rings. The lowest BCUT2D eigenvalue weighted by molar-refractivity contribution is -0.153. The van der Waals surface area contributed by atoms with E-state index in [0.29, 0.717) is 17.5 Å². The number of carbonyl (C=O) groups is 2. The van der Waals surface area contributed by atoms with Gasteiger partial charge in [-0.3, -0.25) is 4.90 Å². The van der Waals surface area contributed by atoms with Crippen LogP contribution in [0.25, 0.3) is 11.0 Å². The average Bonchev–Trinajstić information content (AvgIpc) is 3.34. The lowest BCUT2D eigenvalue weighted by atomic mass is 10.1. The molecule has 0 N–H and O–H groups in total. The molecule has 156 valence electrons. The number of ether oxygens (including phenoxy) is 3. The third kappa shape index (κ3) is 3.66. The quantitative estimate of drug-likeness (QED) is 0.552. The van der Waals surface area contributed by atoms with Crippen LogP contribution in [0, 0.1) is 0 Å². The Kier molecular flexibility index (Phi) is 5.51. The van der Waals surface area contributed by atoms with Gasteiger partial charge in [-0.15, -0.1) is 5.10 Å². The van der Waals surface area contributed by atoms with E-state index < -0.39 is 18.2 Å². The molecule has 3 aromatic rings. The molecule has 1 amide bonds. The summed E-state index contributed by atoms with van der Waals surface area (Å²) in [6.45, 7) is 2.05. The zero-order chi connectivity index (χ0) is 21.1. The molecule has 9 heteroatoms. The molecule has 0 bridgehead atoms. The highest BCUT2D eigenvalue weighted by Crippen LogP contribution is 2.29. The van der Waals surface area contributed by atoms with Gasteiger partial charge in [0, 0.05) is 0 Å². The van der Waals surface area contributed by atoms with Crippen LogP contribution in [0.3, 0.4) is 0 Å². The van der Waals surface area contributed by atoms with Crippen molar-refractivity contribution < 1.29 is 23.8 Å². The van der Waals surface area contributed by atoms with Crippen molar-refractivity contribution in [2.45, 2.75) is 25.6 Å². The van der Waals surface area contributed by atoms with E-state index in [1.165, 1.54) is 9.58 Å². The maximum absolute atomic E-state index is 12.9. The second-order valence-electron chi connectivity index (χ2n) is 6.84. The number of rotatable bonds is 7. The summed E-state index contributed by atoms with van der Waals surface area (Å²) in [5.41, 5.74) is 2.22. The van der Waals surface area contributed by atoms with E-state index in [-0.39, 0.29) is 19.3 Å². The fourth-order valence-electron chi connectivity index (χ4n) is 3.58. The number of benzene rings is 2. The van der Waals surface area contributed by atoms with Crippen LogP contribution >= 0.6 is 0 Å². The Labute approximate surface area is 173 Å². The van der Waals surface area contributed by atoms with Crippen molar-refractivity contribution in [1.29, 1.82) is 0 Å². The standard InChI is InChI=1S/C21H22N4O5/c1-3-29-20(26)19(25-18-7-5-4-6-17(18)22-23-25)24-15(13-30-21(24)27)12-14-8-10-16(28-2)11-9-14/h4-11,15,19H,3,12-13H2,1-2H3/t15-,19?/m0/s1. The molecular formula is C21H22N4O5. The van der Waals surface area contributed by atoms with Crippen molar-refractivity contribution in [3.8, 4) is 5.75 Å². The summed E-state index contributed by atoms with van der Waals surface area (Å²) in [7, 11) is 1.60. The van der Waals surface area contributed by atoms with Gasteiger partial charge in [0.25, 0.3) is 0 Å². The highest BCUT2D eigenvalue weighted by atomic mass is 16.6. The Hall–Kier alpha value is -3.62. The normalized spacial score (nSPS) is 17.1. The minimum Gasteiger partial charge on any atom is -0.497 e. The Morgan fingerprint density at radius 2 is 2.00 bits per heavy atom. The first-order valence-corrected chi connectivity index (χ1v) is 9.67. The number of nitrogens with zero attached hydrogens (tertiary/aromatic N) is 4. The molecule has 2 atom stereocenters. The van der Waals surface area contributed by atoms with Crippen molar-refractivity contribution in [3.63, 3.8) is 0 Å². The first-order valence-electron chi connectivity index (χ1n) is 9.67. The zero-order valence-electron chi connectivity index (χ0n) is 16.7. The average molecular weight is 410 g/mol. The van der Waals surface area contributed by atoms with E-state index in [9.17, 15) is 9.59 Å². The van der Waals surface area contributed by atoms with Gasteiger partial charge in [-0.2, -0.15) is 0 Å². The smallest absolute Gasteiger partial charge is 0.412 e. The molecule has 2 aromatic carbocycles. The first kappa shape index (κ1) is 19.7. The summed E-state index contributed by atoms with van der Waals surface area (Å²) in [6.07, 6.45) is -1.21. The number of amides is 1. The lowest BCUT2D eigenvalue weighted by Crippen LogP contribution is -2.45. The predicted molar refractivity (Wildman–Crippen MR) is 107 cm³/mol. The molecule has 1 saturated heterocycles. The lowest BCUT2D eigenvalue weighted by Gasteiger charge is -2.29. The van der Waals surface area contributed by atoms with Gasteiger partial charge < -0.3 is 14.2 Å². The third-order valence-corrected chi connectivity index (χ3v) is 5.00. The van der Waals surface area contributed by atoms with E-state index in [0.717, 1.165) is 11.3 Å². The van der Waals surface area contributed by atoms with Crippen LogP contribution in [0.2, 0.25) is 0 Å². The van der Waals surface area contributed by atoms with Gasteiger partial charge in [0.05, 0.1) is 25.3 Å². The van der Waals surface area contributed by atoms with Gasteiger partial charge in [-0.25, -0.2) is 14.3 Å². The Bertz CT molecular complexity index is 1050. The van der Waals surface area contributed by atoms with E-state index in [2.05, 4.69) is 10.3 Å². The minimum absolute atomic E-state index is 0.160. The molecule has 0 radical (unpaired) electrons. The number of carbonyl (C=O) groups excluding carboxylic acids is 2. The molecule has 1 aliphatic rings. The Morgan fingerprint density at radius 1 is 1.23 bits per heavy atom. The number of esters is 1. The summed E-state index contributed by atoms with van der Waals surface area (Å²) in [6, 6.07) is 14.4. The van der Waals surface area contributed by atoms with Crippen LogP contribution in [0.1, 0.15) is 18.7 Å². The van der Waals surface area contributed by atoms with Crippen molar-refractivity contribution in [2.24, 2.45) is 0 Å². The second-order valence-corrected chi connectivity index (χ2v) is 6.84. The highest BCUT2D eigenvalue weighted by Gasteiger charge is 2.44. The fourth-order valence-corrected chi connectivity index (χ4v) is 3.58. The van der Waals surface area contributed by atoms with Crippen LogP contribution < -0.4 is 4.74 Å². The summed E-state index contributed by atoms with van der Waals surface area (Å²) < 4.78 is 17.2. The number of cyclic esters (lactones) is 1. The first-order chi connectivity index (χ1) is 14.6. The van der Waals surface area contributed by atoms with Crippen LogP contribution in [-0.4, -0.2) is 58.3 Å². The number of methoxy groups -OCH3 is 1. The van der Waals surface area contributed by atoms with E-state index in [1.54, 1.807) is 26.2 Å². The molecule has 0 saturated carbocycles. The van der Waals surface area contributed by atoms with Crippen molar-refractivity contribution in [3.05, 3.63) is 54.1 Å². The molecule has 1 aliphatic heterocycles. The Balaban J connectivity index is 1.70. The van der Waals surface area contributed by atoms with Gasteiger partial charge in [-0.05, 0) is 43.2 Å². The summed E-state index contributed by atoms with van der Waals surface area (Å²) >= 11 is 0. The van der Waals surface area contributed by atoms with Crippen molar-refractivity contribution >= 4 is 23.1 Å². The zero-order valence-corrected chi connectivity index (χ0v) is 16.7. The van der Waals surface area contributed by atoms with E-state index >= 15 is 0 Å². The topological polar surface area (TPSA) is 95.8 Å². The van der Waals surface area contributed by atoms with Gasteiger partial charge in [0.2, 0.25) is 6.17 Å². The molecule has 0 aliphatic carbocycles. The van der Waals surface area contributed by atoms with E-state index in [4.69, 9.17) is 14.2 Å². The van der Waals surface area contributed by atoms with Gasteiger partial charge in [-0.1, -0.05) is 29.5 Å². The molecule has 30 heavy (non-hydrogen) atoms. The van der Waals surface area contributed by atoms with Gasteiger partial charge >= 0.3 is 12.1 Å². The monoisotopic (exact) mass is 410 g/mol. The third-order valence-electron chi connectivity index (χ3n) is 5.00. The van der Waals surface area contributed by atoms with Crippen LogP contribution in [-0.2, 0) is 20.7 Å². The van der Waals surface area contributed by atoms with Gasteiger partial charge in [0.15, 0.2) is 0 Å². The molecule has 2 heterocycles. The molecule has 1 unspecified atom stereocenters. The Morgan fingerprint density at radius 3 is 2.73 bits per heavy atom. The fraction of sp³-hybridized carbons (Fsp3) is 0.333. The van der Waals surface area contributed by atoms with E-state index in [1.807, 2.05) is 36.4 Å². The predicted octanol–water partition coefficient (Wildman–Crippen LogP) is 2.57. The van der Waals surface area contributed by atoms with Crippen molar-refractivity contribution in [1.82, 2.24) is 19.9 Å². The summed E-state index contributed by atoms with van der Waals surface area (Å²) in [5, 5.41) is 8.26. The maximum atomic E-state index is 12.9. The van der Waals surface area contributed by atoms with Crippen molar-refractivity contribution in [2.75, 3.05) is 20.3 Å². The highest BCUT2D eigenvalue weighted by molar-refractivity contribution is 5.83.